The molecular weight excluding hydrogens is 244 g/mol. The molecule has 0 aromatic carbocycles. The molecule has 2 aromatic heterocycles. The van der Waals surface area contributed by atoms with Crippen molar-refractivity contribution < 1.29 is 5.21 Å². The van der Waals surface area contributed by atoms with E-state index >= 15 is 0 Å². The second-order valence-corrected chi connectivity index (χ2v) is 3.73. The van der Waals surface area contributed by atoms with E-state index in [1.165, 1.54) is 12.3 Å². The van der Waals surface area contributed by atoms with Crippen molar-refractivity contribution in [1.29, 1.82) is 10.8 Å². The normalized spacial score (nSPS) is 9.95. The number of nitrogens with one attached hydrogen (secondary N) is 3. The lowest BCUT2D eigenvalue weighted by Crippen LogP contribution is -2.19. The second kappa shape index (κ2) is 5.23. The highest BCUT2D eigenvalue weighted by molar-refractivity contribution is 6.12. The zero-order valence-electron chi connectivity index (χ0n) is 9.88. The molecule has 7 heteroatoms. The van der Waals surface area contributed by atoms with Crippen LogP contribution in [0.15, 0.2) is 36.7 Å². The van der Waals surface area contributed by atoms with Crippen molar-refractivity contribution in [3.05, 3.63) is 53.6 Å². The Morgan fingerprint density at radius 2 is 2.00 bits per heavy atom. The van der Waals surface area contributed by atoms with Crippen LogP contribution in [0.2, 0.25) is 0 Å². The highest BCUT2D eigenvalue weighted by Crippen LogP contribution is 2.13. The number of amidine groups is 1. The number of nitrogens with zero attached hydrogens (tertiary/aromatic N) is 2. The zero-order valence-corrected chi connectivity index (χ0v) is 9.88. The van der Waals surface area contributed by atoms with Gasteiger partial charge in [0.05, 0.1) is 11.4 Å². The molecule has 0 saturated carbocycles. The van der Waals surface area contributed by atoms with Crippen LogP contribution >= 0.6 is 0 Å². The first kappa shape index (κ1) is 12.7. The summed E-state index contributed by atoms with van der Waals surface area (Å²) < 4.78 is 0. The van der Waals surface area contributed by atoms with E-state index in [4.69, 9.17) is 21.8 Å². The van der Waals surface area contributed by atoms with Gasteiger partial charge in [-0.1, -0.05) is 0 Å². The molecule has 2 rings (SSSR count). The second-order valence-electron chi connectivity index (χ2n) is 3.73. The maximum Gasteiger partial charge on any atom is 0.149 e. The molecule has 0 aliphatic heterocycles. The van der Waals surface area contributed by atoms with Gasteiger partial charge in [-0.05, 0) is 24.3 Å². The standard InChI is InChI=1S/C12H12N6O/c13-8-2-1-4-17-11(8)10(14)9-6-7(3-5-16-9)12(15)18-19/h1-6,14,19H,13H2,(H2,15,18). The molecule has 6 N–H and O–H groups in total. The Kier molecular flexibility index (Phi) is 3.48. The number of hydroxylamine groups is 1. The van der Waals surface area contributed by atoms with Crippen LogP contribution in [0.3, 0.4) is 0 Å². The van der Waals surface area contributed by atoms with E-state index in [0.717, 1.165) is 0 Å². The number of hydrogen-bond donors (Lipinski definition) is 5. The molecule has 0 amide bonds. The van der Waals surface area contributed by atoms with Gasteiger partial charge in [0.1, 0.15) is 17.2 Å². The maximum atomic E-state index is 8.70. The molecule has 0 aliphatic rings. The first-order valence-corrected chi connectivity index (χ1v) is 5.38. The Hall–Kier alpha value is -2.80. The van der Waals surface area contributed by atoms with Crippen LogP contribution in [-0.2, 0) is 0 Å². The van der Waals surface area contributed by atoms with Gasteiger partial charge in [-0.15, -0.1) is 0 Å². The first-order chi connectivity index (χ1) is 9.13. The number of pyridine rings is 2. The summed E-state index contributed by atoms with van der Waals surface area (Å²) >= 11 is 0. The first-order valence-electron chi connectivity index (χ1n) is 5.38. The fraction of sp³-hybridized carbons (Fsp3) is 0. The van der Waals surface area contributed by atoms with E-state index in [1.54, 1.807) is 29.9 Å². The molecule has 2 heterocycles. The van der Waals surface area contributed by atoms with Crippen molar-refractivity contribution in [2.75, 3.05) is 5.73 Å². The Bertz CT molecular complexity index is 640. The Labute approximate surface area is 109 Å². The van der Waals surface area contributed by atoms with Crippen LogP contribution in [0.25, 0.3) is 0 Å². The molecule has 19 heavy (non-hydrogen) atoms. The average Bonchev–Trinajstić information content (AvgIpc) is 2.46. The fourth-order valence-electron chi connectivity index (χ4n) is 1.54. The highest BCUT2D eigenvalue weighted by atomic mass is 16.5. The minimum atomic E-state index is -0.176. The van der Waals surface area contributed by atoms with Gasteiger partial charge in [0.2, 0.25) is 0 Å². The van der Waals surface area contributed by atoms with Crippen molar-refractivity contribution >= 4 is 17.2 Å². The predicted octanol–water partition coefficient (Wildman–Crippen LogP) is 0.779. The van der Waals surface area contributed by atoms with Crippen molar-refractivity contribution in [2.45, 2.75) is 0 Å². The van der Waals surface area contributed by atoms with Gasteiger partial charge < -0.3 is 5.73 Å². The van der Waals surface area contributed by atoms with Crippen LogP contribution in [-0.4, -0.2) is 26.7 Å². The van der Waals surface area contributed by atoms with E-state index < -0.39 is 0 Å². The van der Waals surface area contributed by atoms with Gasteiger partial charge in [0, 0.05) is 18.0 Å². The predicted molar refractivity (Wildman–Crippen MR) is 70.6 cm³/mol. The van der Waals surface area contributed by atoms with Gasteiger partial charge in [-0.2, -0.15) is 0 Å². The summed E-state index contributed by atoms with van der Waals surface area (Å²) in [6.45, 7) is 0. The monoisotopic (exact) mass is 256 g/mol. The number of hydrogen-bond acceptors (Lipinski definition) is 6. The minimum absolute atomic E-state index is 0.0608. The third-order valence-electron chi connectivity index (χ3n) is 2.49. The molecule has 0 aliphatic carbocycles. The summed E-state index contributed by atoms with van der Waals surface area (Å²) in [5.41, 5.74) is 9.01. The quantitative estimate of drug-likeness (QED) is 0.314. The van der Waals surface area contributed by atoms with E-state index in [1.807, 2.05) is 0 Å². The van der Waals surface area contributed by atoms with Crippen LogP contribution in [0, 0.1) is 10.8 Å². The summed E-state index contributed by atoms with van der Waals surface area (Å²) in [4.78, 5) is 8.09. The molecule has 0 radical (unpaired) electrons. The van der Waals surface area contributed by atoms with Crippen LogP contribution in [0.5, 0.6) is 0 Å². The third-order valence-corrected chi connectivity index (χ3v) is 2.49. The van der Waals surface area contributed by atoms with Crippen LogP contribution in [0.4, 0.5) is 5.69 Å². The molecule has 0 unspecified atom stereocenters. The van der Waals surface area contributed by atoms with Gasteiger partial charge in [-0.3, -0.25) is 31.5 Å². The number of aromatic nitrogens is 2. The van der Waals surface area contributed by atoms with Gasteiger partial charge in [0.25, 0.3) is 0 Å². The number of nitrogen functional groups attached to an aromatic ring is 1. The van der Waals surface area contributed by atoms with Crippen molar-refractivity contribution in [2.24, 2.45) is 0 Å². The largest absolute Gasteiger partial charge is 0.397 e. The molecule has 0 fully saturated rings. The molecule has 0 saturated heterocycles. The summed E-state index contributed by atoms with van der Waals surface area (Å²) in [6, 6.07) is 6.38. The molecule has 0 spiro atoms. The summed E-state index contributed by atoms with van der Waals surface area (Å²) in [5, 5.41) is 24.2. The fourth-order valence-corrected chi connectivity index (χ4v) is 1.54. The molecule has 0 atom stereocenters. The highest BCUT2D eigenvalue weighted by Gasteiger charge is 2.12. The Balaban J connectivity index is 2.40. The molecular formula is C12H12N6O. The molecule has 2 aromatic rings. The van der Waals surface area contributed by atoms with E-state index in [9.17, 15) is 0 Å². The van der Waals surface area contributed by atoms with Crippen LogP contribution in [0.1, 0.15) is 17.0 Å². The van der Waals surface area contributed by atoms with E-state index in [0.29, 0.717) is 22.6 Å². The van der Waals surface area contributed by atoms with Gasteiger partial charge in [0.15, 0.2) is 0 Å². The summed E-state index contributed by atoms with van der Waals surface area (Å²) in [6.07, 6.45) is 2.99. The minimum Gasteiger partial charge on any atom is -0.397 e. The molecule has 96 valence electrons. The van der Waals surface area contributed by atoms with Crippen molar-refractivity contribution in [3.8, 4) is 0 Å². The average molecular weight is 256 g/mol. The van der Waals surface area contributed by atoms with Gasteiger partial charge in [-0.25, -0.2) is 0 Å². The Morgan fingerprint density at radius 3 is 2.68 bits per heavy atom. The van der Waals surface area contributed by atoms with Crippen molar-refractivity contribution in [1.82, 2.24) is 15.4 Å². The molecule has 7 nitrogen and oxygen atoms in total. The lowest BCUT2D eigenvalue weighted by Gasteiger charge is -2.07. The Morgan fingerprint density at radius 1 is 1.21 bits per heavy atom. The number of rotatable bonds is 3. The SMILES string of the molecule is N=C(NO)c1ccnc(C(=N)c2ncccc2N)c1. The van der Waals surface area contributed by atoms with Crippen molar-refractivity contribution in [3.63, 3.8) is 0 Å². The lowest BCUT2D eigenvalue weighted by atomic mass is 10.1. The lowest BCUT2D eigenvalue weighted by molar-refractivity contribution is 0.234. The summed E-state index contributed by atoms with van der Waals surface area (Å²) in [5.74, 6) is -0.176. The maximum absolute atomic E-state index is 8.70. The van der Waals surface area contributed by atoms with E-state index in [-0.39, 0.29) is 11.5 Å². The molecule has 0 bridgehead atoms. The van der Waals surface area contributed by atoms with E-state index in [2.05, 4.69) is 9.97 Å². The topological polar surface area (TPSA) is 132 Å². The number of nitrogens with two attached hydrogens (primary N) is 1. The third kappa shape index (κ3) is 2.55. The zero-order chi connectivity index (χ0) is 13.8. The smallest absolute Gasteiger partial charge is 0.149 e. The number of anilines is 1. The van der Waals surface area contributed by atoms with Gasteiger partial charge >= 0.3 is 0 Å². The van der Waals surface area contributed by atoms with Crippen LogP contribution < -0.4 is 11.2 Å². The summed E-state index contributed by atoms with van der Waals surface area (Å²) in [7, 11) is 0.